The number of ether oxygens (including phenoxy) is 2. The topological polar surface area (TPSA) is 44.5 Å². The molecule has 2 rings (SSSR count). The van der Waals surface area contributed by atoms with E-state index in [9.17, 15) is 0 Å². The van der Waals surface area contributed by atoms with Crippen LogP contribution < -0.4 is 15.2 Å². The van der Waals surface area contributed by atoms with Crippen molar-refractivity contribution in [3.8, 4) is 17.2 Å². The van der Waals surface area contributed by atoms with Crippen LogP contribution in [-0.2, 0) is 0 Å². The van der Waals surface area contributed by atoms with Gasteiger partial charge in [-0.1, -0.05) is 26.0 Å². The Bertz CT molecular complexity index is 606. The summed E-state index contributed by atoms with van der Waals surface area (Å²) in [6.45, 7) is 6.35. The van der Waals surface area contributed by atoms with Crippen molar-refractivity contribution in [3.63, 3.8) is 0 Å². The third kappa shape index (κ3) is 3.05. The van der Waals surface area contributed by atoms with Crippen LogP contribution in [0.1, 0.15) is 30.9 Å². The predicted molar refractivity (Wildman–Crippen MR) is 82.7 cm³/mol. The van der Waals surface area contributed by atoms with Crippen LogP contribution in [0.5, 0.6) is 17.2 Å². The van der Waals surface area contributed by atoms with Crippen molar-refractivity contribution >= 4 is 5.69 Å². The molecule has 0 unspecified atom stereocenters. The van der Waals surface area contributed by atoms with Gasteiger partial charge in [0.1, 0.15) is 11.5 Å². The van der Waals surface area contributed by atoms with E-state index in [4.69, 9.17) is 15.2 Å². The molecule has 0 aliphatic rings. The number of rotatable bonds is 4. The second-order valence-corrected chi connectivity index (χ2v) is 5.19. The van der Waals surface area contributed by atoms with E-state index in [-0.39, 0.29) is 0 Å². The first-order valence-electron chi connectivity index (χ1n) is 6.73. The SMILES string of the molecule is COc1ccc(Oc2cc(C(C)C)ccc2C)c(N)c1. The first kappa shape index (κ1) is 14.3. The molecule has 0 amide bonds. The Morgan fingerprint density at radius 1 is 1.00 bits per heavy atom. The van der Waals surface area contributed by atoms with E-state index in [0.29, 0.717) is 17.4 Å². The number of nitrogens with two attached hydrogens (primary N) is 1. The first-order valence-corrected chi connectivity index (χ1v) is 6.73. The van der Waals surface area contributed by atoms with Gasteiger partial charge in [-0.25, -0.2) is 0 Å². The highest BCUT2D eigenvalue weighted by molar-refractivity contribution is 5.58. The standard InChI is InChI=1S/C17H21NO2/c1-11(2)13-6-5-12(3)17(9-13)20-16-8-7-14(19-4)10-15(16)18/h5-11H,18H2,1-4H3. The first-order chi connectivity index (χ1) is 9.51. The molecular weight excluding hydrogens is 250 g/mol. The monoisotopic (exact) mass is 271 g/mol. The van der Waals surface area contributed by atoms with Gasteiger partial charge in [0.2, 0.25) is 0 Å². The van der Waals surface area contributed by atoms with E-state index in [1.165, 1.54) is 5.56 Å². The molecule has 0 bridgehead atoms. The van der Waals surface area contributed by atoms with E-state index in [0.717, 1.165) is 17.1 Å². The average Bonchev–Trinajstić information content (AvgIpc) is 2.42. The Labute approximate surface area is 120 Å². The number of hydrogen-bond acceptors (Lipinski definition) is 3. The normalized spacial score (nSPS) is 10.7. The van der Waals surface area contributed by atoms with Crippen LogP contribution in [-0.4, -0.2) is 7.11 Å². The lowest BCUT2D eigenvalue weighted by Crippen LogP contribution is -1.96. The number of anilines is 1. The summed E-state index contributed by atoms with van der Waals surface area (Å²) >= 11 is 0. The summed E-state index contributed by atoms with van der Waals surface area (Å²) in [6.07, 6.45) is 0. The van der Waals surface area contributed by atoms with Crippen molar-refractivity contribution in [2.45, 2.75) is 26.7 Å². The summed E-state index contributed by atoms with van der Waals surface area (Å²) < 4.78 is 11.1. The number of methoxy groups -OCH3 is 1. The van der Waals surface area contributed by atoms with Gasteiger partial charge in [-0.05, 0) is 42.2 Å². The third-order valence-corrected chi connectivity index (χ3v) is 3.32. The minimum absolute atomic E-state index is 0.464. The van der Waals surface area contributed by atoms with Gasteiger partial charge in [-0.2, -0.15) is 0 Å². The summed E-state index contributed by atoms with van der Waals surface area (Å²) in [5, 5.41) is 0. The molecule has 0 aliphatic carbocycles. The van der Waals surface area contributed by atoms with Crippen LogP contribution in [0.4, 0.5) is 5.69 Å². The van der Waals surface area contributed by atoms with Crippen LogP contribution >= 0.6 is 0 Å². The summed E-state index contributed by atoms with van der Waals surface area (Å²) in [5.74, 6) is 2.68. The second-order valence-electron chi connectivity index (χ2n) is 5.19. The lowest BCUT2D eigenvalue weighted by Gasteiger charge is -2.14. The van der Waals surface area contributed by atoms with Crippen molar-refractivity contribution in [2.75, 3.05) is 12.8 Å². The largest absolute Gasteiger partial charge is 0.497 e. The van der Waals surface area contributed by atoms with Gasteiger partial charge in [0.15, 0.2) is 5.75 Å². The number of aryl methyl sites for hydroxylation is 1. The van der Waals surface area contributed by atoms with Crippen molar-refractivity contribution in [3.05, 3.63) is 47.5 Å². The average molecular weight is 271 g/mol. The molecule has 0 saturated carbocycles. The Hall–Kier alpha value is -2.16. The molecule has 0 aliphatic heterocycles. The van der Waals surface area contributed by atoms with Gasteiger partial charge < -0.3 is 15.2 Å². The fraction of sp³-hybridized carbons (Fsp3) is 0.294. The number of hydrogen-bond donors (Lipinski definition) is 1. The molecule has 0 atom stereocenters. The molecule has 0 spiro atoms. The van der Waals surface area contributed by atoms with Crippen LogP contribution in [0, 0.1) is 6.92 Å². The van der Waals surface area contributed by atoms with Crippen LogP contribution in [0.25, 0.3) is 0 Å². The number of benzene rings is 2. The van der Waals surface area contributed by atoms with E-state index in [1.807, 2.05) is 19.1 Å². The van der Waals surface area contributed by atoms with Crippen molar-refractivity contribution in [1.29, 1.82) is 0 Å². The van der Waals surface area contributed by atoms with Crippen molar-refractivity contribution in [1.82, 2.24) is 0 Å². The zero-order valence-electron chi connectivity index (χ0n) is 12.4. The van der Waals surface area contributed by atoms with Crippen LogP contribution in [0.2, 0.25) is 0 Å². The Morgan fingerprint density at radius 3 is 2.35 bits per heavy atom. The lowest BCUT2D eigenvalue weighted by molar-refractivity contribution is 0.413. The molecule has 0 fully saturated rings. The molecule has 0 saturated heterocycles. The quantitative estimate of drug-likeness (QED) is 0.832. The Morgan fingerprint density at radius 2 is 1.75 bits per heavy atom. The molecule has 2 N–H and O–H groups in total. The van der Waals surface area contributed by atoms with Crippen LogP contribution in [0.3, 0.4) is 0 Å². The molecular formula is C17H21NO2. The number of nitrogen functional groups attached to an aromatic ring is 1. The maximum atomic E-state index is 5.99. The molecule has 3 nitrogen and oxygen atoms in total. The maximum Gasteiger partial charge on any atom is 0.150 e. The van der Waals surface area contributed by atoms with Crippen molar-refractivity contribution in [2.24, 2.45) is 0 Å². The third-order valence-electron chi connectivity index (χ3n) is 3.32. The van der Waals surface area contributed by atoms with Gasteiger partial charge in [0.25, 0.3) is 0 Å². The minimum Gasteiger partial charge on any atom is -0.497 e. The fourth-order valence-electron chi connectivity index (χ4n) is 1.95. The van der Waals surface area contributed by atoms with E-state index < -0.39 is 0 Å². The molecule has 106 valence electrons. The summed E-state index contributed by atoms with van der Waals surface area (Å²) in [4.78, 5) is 0. The highest BCUT2D eigenvalue weighted by atomic mass is 16.5. The highest BCUT2D eigenvalue weighted by Crippen LogP contribution is 2.33. The van der Waals surface area contributed by atoms with Crippen molar-refractivity contribution < 1.29 is 9.47 Å². The molecule has 0 radical (unpaired) electrons. The summed E-state index contributed by atoms with van der Waals surface area (Å²) in [7, 11) is 1.62. The van der Waals surface area contributed by atoms with Crippen LogP contribution in [0.15, 0.2) is 36.4 Å². The fourth-order valence-corrected chi connectivity index (χ4v) is 1.95. The zero-order chi connectivity index (χ0) is 14.7. The molecule has 0 aromatic heterocycles. The van der Waals surface area contributed by atoms with Gasteiger partial charge in [-0.15, -0.1) is 0 Å². The van der Waals surface area contributed by atoms with Gasteiger partial charge in [-0.3, -0.25) is 0 Å². The van der Waals surface area contributed by atoms with E-state index in [1.54, 1.807) is 13.2 Å². The van der Waals surface area contributed by atoms with E-state index >= 15 is 0 Å². The zero-order valence-corrected chi connectivity index (χ0v) is 12.4. The molecule has 2 aromatic rings. The summed E-state index contributed by atoms with van der Waals surface area (Å²) in [5.41, 5.74) is 8.89. The van der Waals surface area contributed by atoms with Gasteiger partial charge in [0.05, 0.1) is 12.8 Å². The predicted octanol–water partition coefficient (Wildman–Crippen LogP) is 4.50. The second kappa shape index (κ2) is 5.87. The molecule has 3 heteroatoms. The van der Waals surface area contributed by atoms with Gasteiger partial charge in [0, 0.05) is 6.07 Å². The Balaban J connectivity index is 2.32. The molecule has 20 heavy (non-hydrogen) atoms. The lowest BCUT2D eigenvalue weighted by atomic mass is 10.0. The maximum absolute atomic E-state index is 5.99. The highest BCUT2D eigenvalue weighted by Gasteiger charge is 2.08. The molecule has 2 aromatic carbocycles. The van der Waals surface area contributed by atoms with E-state index in [2.05, 4.69) is 32.0 Å². The smallest absolute Gasteiger partial charge is 0.150 e. The molecule has 0 heterocycles. The summed E-state index contributed by atoms with van der Waals surface area (Å²) in [6, 6.07) is 11.7. The van der Waals surface area contributed by atoms with Gasteiger partial charge >= 0.3 is 0 Å². The minimum atomic E-state index is 0.464. The Kier molecular flexibility index (Phi) is 4.18.